The van der Waals surface area contributed by atoms with E-state index in [2.05, 4.69) is 6.07 Å². The van der Waals surface area contributed by atoms with E-state index >= 15 is 0 Å². The average Bonchev–Trinajstić information content (AvgIpc) is 2.56. The Morgan fingerprint density at radius 3 is 2.27 bits per heavy atom. The topological polar surface area (TPSA) is 47.3 Å². The molecular weight excluding hydrogens is 336 g/mol. The summed E-state index contributed by atoms with van der Waals surface area (Å²) >= 11 is 0. The molecule has 0 N–H and O–H groups in total. The highest BCUT2D eigenvalue weighted by atomic mass is 19.2. The third-order valence-electron chi connectivity index (χ3n) is 3.98. The molecule has 0 atom stereocenters. The lowest BCUT2D eigenvalue weighted by molar-refractivity contribution is -0.117. The van der Waals surface area contributed by atoms with E-state index in [1.165, 1.54) is 6.07 Å². The second-order valence-corrected chi connectivity index (χ2v) is 6.25. The number of hydrogen-bond donors (Lipinski definition) is 0. The molecule has 0 radical (unpaired) electrons. The van der Waals surface area contributed by atoms with Gasteiger partial charge in [-0.15, -0.1) is 0 Å². The minimum absolute atomic E-state index is 0.0243. The van der Waals surface area contributed by atoms with Gasteiger partial charge in [0.25, 0.3) is 0 Å². The Balaban J connectivity index is 2.23. The normalized spacial score (nSPS) is 10.3. The number of rotatable bonds is 6. The van der Waals surface area contributed by atoms with E-state index < -0.39 is 11.6 Å². The zero-order chi connectivity index (χ0) is 19.3. The monoisotopic (exact) mass is 357 g/mol. The smallest absolute Gasteiger partial charge is 0.246 e. The largest absolute Gasteiger partial charge is 0.365 e. The molecule has 0 fully saturated rings. The molecule has 136 valence electrons. The number of nitrogens with zero attached hydrogens (tertiary/aromatic N) is 3. The molecule has 0 aliphatic rings. The van der Waals surface area contributed by atoms with Gasteiger partial charge < -0.3 is 9.80 Å². The fraction of sp³-hybridized carbons (Fsp3) is 0.300. The van der Waals surface area contributed by atoms with Crippen LogP contribution in [0.25, 0.3) is 0 Å². The zero-order valence-electron chi connectivity index (χ0n) is 15.1. The Morgan fingerprint density at radius 1 is 1.04 bits per heavy atom. The molecule has 2 aromatic carbocycles. The molecule has 0 spiro atoms. The highest BCUT2D eigenvalue weighted by Gasteiger charge is 2.19. The molecule has 0 bridgehead atoms. The van der Waals surface area contributed by atoms with Gasteiger partial charge in [-0.3, -0.25) is 4.79 Å². The molecule has 0 heterocycles. The van der Waals surface area contributed by atoms with Crippen LogP contribution in [-0.4, -0.2) is 26.0 Å². The van der Waals surface area contributed by atoms with Crippen LogP contribution in [0, 0.1) is 36.8 Å². The van der Waals surface area contributed by atoms with Crippen molar-refractivity contribution in [3.8, 4) is 6.07 Å². The molecule has 0 unspecified atom stereocenters. The second-order valence-electron chi connectivity index (χ2n) is 6.25. The van der Waals surface area contributed by atoms with Gasteiger partial charge in [0, 0.05) is 31.0 Å². The van der Waals surface area contributed by atoms with Crippen LogP contribution in [0.5, 0.6) is 0 Å². The molecule has 0 aliphatic carbocycles. The minimum atomic E-state index is -0.961. The second kappa shape index (κ2) is 8.43. The van der Waals surface area contributed by atoms with Crippen molar-refractivity contribution in [3.05, 3.63) is 59.2 Å². The van der Waals surface area contributed by atoms with Gasteiger partial charge in [0.2, 0.25) is 5.91 Å². The number of benzene rings is 2. The molecular formula is C20H21F2N3O. The Bertz CT molecular complexity index is 825. The van der Waals surface area contributed by atoms with Crippen molar-refractivity contribution in [2.24, 2.45) is 0 Å². The SMILES string of the molecule is Cc1cc(C)cc(N(CCC#N)C(=O)CN(C)c2ccc(F)c(F)c2)c1. The Hall–Kier alpha value is -2.94. The predicted molar refractivity (Wildman–Crippen MR) is 98.1 cm³/mol. The first-order chi connectivity index (χ1) is 12.3. The summed E-state index contributed by atoms with van der Waals surface area (Å²) in [6.45, 7) is 4.13. The summed E-state index contributed by atoms with van der Waals surface area (Å²) in [4.78, 5) is 15.9. The highest BCUT2D eigenvalue weighted by Crippen LogP contribution is 2.21. The third-order valence-corrected chi connectivity index (χ3v) is 3.98. The number of carbonyl (C=O) groups excluding carboxylic acids is 1. The number of hydrogen-bond acceptors (Lipinski definition) is 3. The van der Waals surface area contributed by atoms with Crippen molar-refractivity contribution in [1.29, 1.82) is 5.26 Å². The summed E-state index contributed by atoms with van der Waals surface area (Å²) in [7, 11) is 1.63. The summed E-state index contributed by atoms with van der Waals surface area (Å²) in [5.74, 6) is -2.12. The van der Waals surface area contributed by atoms with Crippen LogP contribution in [0.1, 0.15) is 17.5 Å². The Labute approximate surface area is 152 Å². The number of aryl methyl sites for hydroxylation is 2. The molecule has 2 rings (SSSR count). The zero-order valence-corrected chi connectivity index (χ0v) is 15.1. The van der Waals surface area contributed by atoms with E-state index in [0.717, 1.165) is 28.9 Å². The first-order valence-electron chi connectivity index (χ1n) is 8.23. The maximum Gasteiger partial charge on any atom is 0.246 e. The van der Waals surface area contributed by atoms with E-state index in [-0.39, 0.29) is 25.4 Å². The molecule has 0 aliphatic heterocycles. The summed E-state index contributed by atoms with van der Waals surface area (Å²) in [5.41, 5.74) is 3.16. The van der Waals surface area contributed by atoms with Crippen molar-refractivity contribution in [3.63, 3.8) is 0 Å². The van der Waals surface area contributed by atoms with Crippen LogP contribution in [0.15, 0.2) is 36.4 Å². The van der Waals surface area contributed by atoms with Gasteiger partial charge in [-0.2, -0.15) is 5.26 Å². The maximum atomic E-state index is 13.4. The number of halogens is 2. The van der Waals surface area contributed by atoms with Gasteiger partial charge in [0.05, 0.1) is 19.0 Å². The average molecular weight is 357 g/mol. The van der Waals surface area contributed by atoms with Crippen LogP contribution < -0.4 is 9.80 Å². The lowest BCUT2D eigenvalue weighted by Gasteiger charge is -2.26. The van der Waals surface area contributed by atoms with Crippen LogP contribution >= 0.6 is 0 Å². The molecule has 6 heteroatoms. The van der Waals surface area contributed by atoms with E-state index in [1.807, 2.05) is 32.0 Å². The Kier molecular flexibility index (Phi) is 6.29. The van der Waals surface area contributed by atoms with Crippen LogP contribution in [0.2, 0.25) is 0 Å². The van der Waals surface area contributed by atoms with Crippen LogP contribution in [-0.2, 0) is 4.79 Å². The summed E-state index contributed by atoms with van der Waals surface area (Å²) < 4.78 is 26.5. The number of amides is 1. The highest BCUT2D eigenvalue weighted by molar-refractivity contribution is 5.96. The van der Waals surface area contributed by atoms with E-state index in [0.29, 0.717) is 5.69 Å². The first kappa shape index (κ1) is 19.4. The van der Waals surface area contributed by atoms with Gasteiger partial charge in [-0.25, -0.2) is 8.78 Å². The van der Waals surface area contributed by atoms with Crippen LogP contribution in [0.3, 0.4) is 0 Å². The van der Waals surface area contributed by atoms with Crippen molar-refractivity contribution in [2.75, 3.05) is 29.9 Å². The van der Waals surface area contributed by atoms with Gasteiger partial charge in [0.15, 0.2) is 11.6 Å². The lowest BCUT2D eigenvalue weighted by Crippen LogP contribution is -2.39. The minimum Gasteiger partial charge on any atom is -0.365 e. The fourth-order valence-corrected chi connectivity index (χ4v) is 2.77. The summed E-state index contributed by atoms with van der Waals surface area (Å²) in [6, 6.07) is 11.3. The molecule has 0 saturated carbocycles. The number of likely N-dealkylation sites (N-methyl/N-ethyl adjacent to an activating group) is 1. The maximum absolute atomic E-state index is 13.4. The van der Waals surface area contributed by atoms with Crippen molar-refractivity contribution >= 4 is 17.3 Å². The van der Waals surface area contributed by atoms with E-state index in [4.69, 9.17) is 5.26 Å². The van der Waals surface area contributed by atoms with Gasteiger partial charge in [0.1, 0.15) is 0 Å². The summed E-state index contributed by atoms with van der Waals surface area (Å²) in [5, 5.41) is 8.89. The molecule has 0 saturated heterocycles. The predicted octanol–water partition coefficient (Wildman–Crippen LogP) is 3.96. The quantitative estimate of drug-likeness (QED) is 0.786. The van der Waals surface area contributed by atoms with Crippen LogP contribution in [0.4, 0.5) is 20.2 Å². The lowest BCUT2D eigenvalue weighted by atomic mass is 10.1. The molecule has 0 aromatic heterocycles. The van der Waals surface area contributed by atoms with E-state index in [9.17, 15) is 13.6 Å². The van der Waals surface area contributed by atoms with Gasteiger partial charge >= 0.3 is 0 Å². The molecule has 4 nitrogen and oxygen atoms in total. The molecule has 2 aromatic rings. The Morgan fingerprint density at radius 2 is 1.69 bits per heavy atom. The van der Waals surface area contributed by atoms with Crippen molar-refractivity contribution in [2.45, 2.75) is 20.3 Å². The first-order valence-corrected chi connectivity index (χ1v) is 8.23. The molecule has 26 heavy (non-hydrogen) atoms. The fourth-order valence-electron chi connectivity index (χ4n) is 2.77. The van der Waals surface area contributed by atoms with Gasteiger partial charge in [-0.05, 0) is 49.2 Å². The molecule has 1 amide bonds. The summed E-state index contributed by atoms with van der Waals surface area (Å²) in [6.07, 6.45) is 0.202. The number of carbonyl (C=O) groups is 1. The third kappa shape index (κ3) is 4.79. The van der Waals surface area contributed by atoms with E-state index in [1.54, 1.807) is 16.8 Å². The van der Waals surface area contributed by atoms with Gasteiger partial charge in [-0.1, -0.05) is 6.07 Å². The number of anilines is 2. The van der Waals surface area contributed by atoms with Crippen molar-refractivity contribution in [1.82, 2.24) is 0 Å². The van der Waals surface area contributed by atoms with Crippen molar-refractivity contribution < 1.29 is 13.6 Å². The number of nitriles is 1. The standard InChI is InChI=1S/C20H21F2N3O/c1-14-9-15(2)11-17(10-14)25(8-4-7-23)20(26)13-24(3)16-5-6-18(21)19(22)12-16/h5-6,9-12H,4,8,13H2,1-3H3.